The van der Waals surface area contributed by atoms with Gasteiger partial charge in [0, 0.05) is 0 Å². The molecule has 0 rings (SSSR count). The summed E-state index contributed by atoms with van der Waals surface area (Å²) >= 11 is 0. The standard InChI is InChI=1S/2C3H4O2.2Na/c2*1-2-3(4)5;;/h2*2H,1H2,(H,4,5);;/q;;2*+1/p-2. The summed E-state index contributed by atoms with van der Waals surface area (Å²) in [6.07, 6.45) is 1.44. The van der Waals surface area contributed by atoms with Gasteiger partial charge < -0.3 is 19.8 Å². The van der Waals surface area contributed by atoms with Gasteiger partial charge in [-0.25, -0.2) is 0 Å². The summed E-state index contributed by atoms with van der Waals surface area (Å²) in [4.78, 5) is 18.3. The Morgan fingerprint density at radius 1 is 0.917 bits per heavy atom. The van der Waals surface area contributed by atoms with Gasteiger partial charge in [0.2, 0.25) is 0 Å². The van der Waals surface area contributed by atoms with Crippen LogP contribution in [0.15, 0.2) is 25.3 Å². The molecule has 0 aliphatic carbocycles. The quantitative estimate of drug-likeness (QED) is 0.318. The first kappa shape index (κ1) is 22.8. The third kappa shape index (κ3) is 47.3. The van der Waals surface area contributed by atoms with Gasteiger partial charge in [-0.3, -0.25) is 0 Å². The molecule has 0 bridgehead atoms. The first-order chi connectivity index (χ1) is 4.54. The Morgan fingerprint density at radius 2 is 1.00 bits per heavy atom. The number of carbonyl (C=O) groups excluding carboxylic acids is 2. The summed E-state index contributed by atoms with van der Waals surface area (Å²) in [5.41, 5.74) is 0. The number of rotatable bonds is 2. The molecule has 0 saturated carbocycles. The van der Waals surface area contributed by atoms with Gasteiger partial charge in [-0.2, -0.15) is 0 Å². The molecule has 0 heterocycles. The van der Waals surface area contributed by atoms with Crippen LogP contribution in [0.1, 0.15) is 0 Å². The fraction of sp³-hybridized carbons (Fsp3) is 0. The van der Waals surface area contributed by atoms with Gasteiger partial charge in [-0.05, 0) is 12.2 Å². The van der Waals surface area contributed by atoms with Gasteiger partial charge in [0.15, 0.2) is 0 Å². The van der Waals surface area contributed by atoms with Gasteiger partial charge in [0.1, 0.15) is 0 Å². The minimum absolute atomic E-state index is 0. The molecule has 0 atom stereocenters. The largest absolute Gasteiger partial charge is 1.00 e. The summed E-state index contributed by atoms with van der Waals surface area (Å²) < 4.78 is 0. The zero-order valence-electron chi connectivity index (χ0n) is 7.20. The van der Waals surface area contributed by atoms with E-state index in [9.17, 15) is 0 Å². The van der Waals surface area contributed by atoms with Gasteiger partial charge in [-0.15, -0.1) is 0 Å². The first-order valence-corrected chi connectivity index (χ1v) is 2.21. The van der Waals surface area contributed by atoms with Crippen LogP contribution in [0.2, 0.25) is 0 Å². The molecule has 0 radical (unpaired) electrons. The van der Waals surface area contributed by atoms with Gasteiger partial charge >= 0.3 is 59.1 Å². The number of carboxylic acid groups (broad SMARTS) is 2. The fourth-order valence-electron chi connectivity index (χ4n) is 0. The van der Waals surface area contributed by atoms with E-state index in [1.165, 1.54) is 0 Å². The zero-order valence-corrected chi connectivity index (χ0v) is 11.2. The molecule has 0 N–H and O–H groups in total. The first-order valence-electron chi connectivity index (χ1n) is 2.21. The van der Waals surface area contributed by atoms with E-state index in [1.807, 2.05) is 0 Å². The van der Waals surface area contributed by atoms with Crippen LogP contribution in [0.5, 0.6) is 0 Å². The average molecular weight is 188 g/mol. The van der Waals surface area contributed by atoms with Crippen molar-refractivity contribution in [1.29, 1.82) is 0 Å². The maximum Gasteiger partial charge on any atom is 1.00 e. The molecule has 0 aromatic heterocycles. The second-order valence-electron chi connectivity index (χ2n) is 1.05. The van der Waals surface area contributed by atoms with Crippen LogP contribution in [0, 0.1) is 0 Å². The smallest absolute Gasteiger partial charge is 0.545 e. The van der Waals surface area contributed by atoms with Crippen molar-refractivity contribution in [2.45, 2.75) is 0 Å². The molecule has 0 amide bonds. The molecule has 0 unspecified atom stereocenters. The SMILES string of the molecule is C=CC(=O)[O-].C=CC(=O)[O-].[Na+].[Na+]. The molecule has 0 aromatic rings. The number of carboxylic acids is 2. The van der Waals surface area contributed by atoms with E-state index in [2.05, 4.69) is 13.2 Å². The van der Waals surface area contributed by atoms with Crippen molar-refractivity contribution in [1.82, 2.24) is 0 Å². The molecular weight excluding hydrogens is 182 g/mol. The Kier molecular flexibility index (Phi) is 33.3. The molecule has 6 heteroatoms. The molecule has 0 aliphatic rings. The Bertz CT molecular complexity index is 138. The zero-order chi connectivity index (χ0) is 8.57. The van der Waals surface area contributed by atoms with Crippen molar-refractivity contribution >= 4 is 11.9 Å². The Hall–Kier alpha value is 0.420. The maximum absolute atomic E-state index is 9.14. The van der Waals surface area contributed by atoms with Crippen molar-refractivity contribution < 1.29 is 78.9 Å². The fourth-order valence-corrected chi connectivity index (χ4v) is 0. The Labute approximate surface area is 115 Å². The van der Waals surface area contributed by atoms with E-state index in [4.69, 9.17) is 19.8 Å². The second-order valence-corrected chi connectivity index (χ2v) is 1.05. The molecular formula is C6H6Na2O4. The predicted octanol–water partition coefficient (Wildman–Crippen LogP) is -8.15. The maximum atomic E-state index is 9.14. The number of hydrogen-bond acceptors (Lipinski definition) is 4. The van der Waals surface area contributed by atoms with Crippen LogP contribution >= 0.6 is 0 Å². The van der Waals surface area contributed by atoms with Crippen LogP contribution in [0.25, 0.3) is 0 Å². The summed E-state index contributed by atoms with van der Waals surface area (Å²) in [7, 11) is 0. The monoisotopic (exact) mass is 188 g/mol. The van der Waals surface area contributed by atoms with Crippen LogP contribution in [-0.4, -0.2) is 11.9 Å². The van der Waals surface area contributed by atoms with Crippen molar-refractivity contribution in [3.05, 3.63) is 25.3 Å². The van der Waals surface area contributed by atoms with Crippen molar-refractivity contribution in [3.63, 3.8) is 0 Å². The molecule has 0 aromatic carbocycles. The van der Waals surface area contributed by atoms with Crippen LogP contribution in [0.3, 0.4) is 0 Å². The van der Waals surface area contributed by atoms with Gasteiger partial charge in [-0.1, -0.05) is 13.2 Å². The number of hydrogen-bond donors (Lipinski definition) is 0. The van der Waals surface area contributed by atoms with Gasteiger partial charge in [0.05, 0.1) is 11.9 Å². The molecule has 56 valence electrons. The molecule has 0 spiro atoms. The van der Waals surface area contributed by atoms with E-state index in [0.717, 1.165) is 12.2 Å². The third-order valence-corrected chi connectivity index (χ3v) is 0.333. The molecule has 0 saturated heterocycles. The second kappa shape index (κ2) is 17.5. The van der Waals surface area contributed by atoms with Gasteiger partial charge in [0.25, 0.3) is 0 Å². The molecule has 0 fully saturated rings. The summed E-state index contributed by atoms with van der Waals surface area (Å²) in [6, 6.07) is 0. The third-order valence-electron chi connectivity index (χ3n) is 0.333. The molecule has 0 aliphatic heterocycles. The topological polar surface area (TPSA) is 80.3 Å². The molecule has 4 nitrogen and oxygen atoms in total. The average Bonchev–Trinajstić information content (AvgIpc) is 1.89. The number of aliphatic carboxylic acids is 2. The van der Waals surface area contributed by atoms with E-state index in [-0.39, 0.29) is 59.1 Å². The Morgan fingerprint density at radius 3 is 1.00 bits per heavy atom. The van der Waals surface area contributed by atoms with Crippen LogP contribution in [-0.2, 0) is 9.59 Å². The van der Waals surface area contributed by atoms with E-state index in [1.54, 1.807) is 0 Å². The van der Waals surface area contributed by atoms with Crippen LogP contribution in [0.4, 0.5) is 0 Å². The summed E-state index contributed by atoms with van der Waals surface area (Å²) in [6.45, 7) is 5.80. The van der Waals surface area contributed by atoms with Crippen LogP contribution < -0.4 is 69.3 Å². The predicted molar refractivity (Wildman–Crippen MR) is 30.4 cm³/mol. The summed E-state index contributed by atoms with van der Waals surface area (Å²) in [5, 5.41) is 18.3. The minimum atomic E-state index is -1.23. The van der Waals surface area contributed by atoms with E-state index >= 15 is 0 Å². The van der Waals surface area contributed by atoms with E-state index in [0.29, 0.717) is 0 Å². The molecule has 12 heavy (non-hydrogen) atoms. The Balaban J connectivity index is -0.0000000457. The van der Waals surface area contributed by atoms with Crippen molar-refractivity contribution in [2.24, 2.45) is 0 Å². The number of carbonyl (C=O) groups is 2. The van der Waals surface area contributed by atoms with Crippen molar-refractivity contribution in [3.8, 4) is 0 Å². The van der Waals surface area contributed by atoms with E-state index < -0.39 is 11.9 Å². The summed E-state index contributed by atoms with van der Waals surface area (Å²) in [5.74, 6) is -2.46. The van der Waals surface area contributed by atoms with Crippen molar-refractivity contribution in [2.75, 3.05) is 0 Å². The minimum Gasteiger partial charge on any atom is -0.545 e. The normalized spacial score (nSPS) is 5.33.